The number of alkyl halides is 6. The summed E-state index contributed by atoms with van der Waals surface area (Å²) in [6.07, 6.45) is -7.83. The summed E-state index contributed by atoms with van der Waals surface area (Å²) in [4.78, 5) is 14.9. The van der Waals surface area contributed by atoms with E-state index < -0.39 is 35.6 Å². The van der Waals surface area contributed by atoms with E-state index in [4.69, 9.17) is 0 Å². The summed E-state index contributed by atoms with van der Waals surface area (Å²) < 4.78 is 70.3. The highest BCUT2D eigenvalue weighted by atomic mass is 79.9. The van der Waals surface area contributed by atoms with Crippen LogP contribution in [-0.2, 0) is 10.1 Å². The Labute approximate surface area is 118 Å². The van der Waals surface area contributed by atoms with Gasteiger partial charge in [-0.05, 0) is 0 Å². The van der Waals surface area contributed by atoms with Crippen molar-refractivity contribution in [1.29, 1.82) is 0 Å². The number of halogens is 6. The predicted molar refractivity (Wildman–Crippen MR) is 59.8 cm³/mol. The first-order valence-corrected chi connectivity index (χ1v) is 6.03. The zero-order chi connectivity index (χ0) is 15.5. The summed E-state index contributed by atoms with van der Waals surface area (Å²) in [5.74, 6) is -2.51. The molecule has 0 radical (unpaired) electrons. The molecule has 4 nitrogen and oxygen atoms in total. The van der Waals surface area contributed by atoms with E-state index in [9.17, 15) is 26.7 Å². The highest BCUT2D eigenvalue weighted by Crippen LogP contribution is 2.35. The standard InChI is InChI=1S/C10H7BrF5NO3/c1-19-9(18)7-5(20-10(14,15)16)3-17-4(2-11)6(7)8(12)13/h3,8H,2H2,1H3. The molecular formula is C10H7BrF5NO3. The van der Waals surface area contributed by atoms with Crippen LogP contribution in [0.4, 0.5) is 22.0 Å². The van der Waals surface area contributed by atoms with Crippen molar-refractivity contribution in [2.75, 3.05) is 7.11 Å². The molecule has 10 heteroatoms. The number of hydrogen-bond donors (Lipinski definition) is 0. The zero-order valence-corrected chi connectivity index (χ0v) is 11.4. The topological polar surface area (TPSA) is 48.4 Å². The Bertz CT molecular complexity index is 506. The molecule has 0 unspecified atom stereocenters. The molecule has 20 heavy (non-hydrogen) atoms. The molecule has 0 aliphatic rings. The molecule has 1 heterocycles. The smallest absolute Gasteiger partial charge is 0.465 e. The molecule has 0 fully saturated rings. The van der Waals surface area contributed by atoms with Crippen LogP contribution < -0.4 is 4.74 Å². The van der Waals surface area contributed by atoms with Crippen LogP contribution in [0.2, 0.25) is 0 Å². The molecule has 0 bridgehead atoms. The summed E-state index contributed by atoms with van der Waals surface area (Å²) in [7, 11) is 0.850. The van der Waals surface area contributed by atoms with Crippen LogP contribution in [0.3, 0.4) is 0 Å². The molecule has 1 aromatic rings. The Balaban J connectivity index is 3.53. The van der Waals surface area contributed by atoms with E-state index in [0.717, 1.165) is 7.11 Å². The van der Waals surface area contributed by atoms with E-state index in [-0.39, 0.29) is 11.0 Å². The van der Waals surface area contributed by atoms with Crippen LogP contribution in [0, 0.1) is 0 Å². The lowest BCUT2D eigenvalue weighted by Gasteiger charge is -2.16. The van der Waals surface area contributed by atoms with Gasteiger partial charge in [0.1, 0.15) is 5.56 Å². The molecule has 0 aromatic carbocycles. The molecule has 1 aromatic heterocycles. The second kappa shape index (κ2) is 6.33. The van der Waals surface area contributed by atoms with Crippen molar-refractivity contribution < 1.29 is 36.2 Å². The van der Waals surface area contributed by atoms with Crippen molar-refractivity contribution >= 4 is 21.9 Å². The normalized spacial score (nSPS) is 11.6. The van der Waals surface area contributed by atoms with Crippen LogP contribution >= 0.6 is 15.9 Å². The Hall–Kier alpha value is -1.45. The van der Waals surface area contributed by atoms with E-state index in [0.29, 0.717) is 6.20 Å². The molecule has 0 atom stereocenters. The van der Waals surface area contributed by atoms with Gasteiger partial charge in [-0.2, -0.15) is 0 Å². The van der Waals surface area contributed by atoms with Gasteiger partial charge in [-0.15, -0.1) is 13.2 Å². The van der Waals surface area contributed by atoms with E-state index in [1.807, 2.05) is 0 Å². The molecule has 112 valence electrons. The summed E-state index contributed by atoms with van der Waals surface area (Å²) in [5.41, 5.74) is -2.24. The number of hydrogen-bond acceptors (Lipinski definition) is 4. The minimum atomic E-state index is -5.15. The first kappa shape index (κ1) is 16.6. The van der Waals surface area contributed by atoms with Crippen molar-refractivity contribution in [3.63, 3.8) is 0 Å². The van der Waals surface area contributed by atoms with Crippen LogP contribution in [0.15, 0.2) is 6.20 Å². The van der Waals surface area contributed by atoms with Gasteiger partial charge in [-0.1, -0.05) is 15.9 Å². The molecule has 0 N–H and O–H groups in total. The maximum absolute atomic E-state index is 13.0. The molecule has 0 saturated heterocycles. The zero-order valence-electron chi connectivity index (χ0n) is 9.80. The molecule has 1 rings (SSSR count). The number of esters is 1. The van der Waals surface area contributed by atoms with Crippen molar-refractivity contribution in [3.8, 4) is 5.75 Å². The fourth-order valence-corrected chi connectivity index (χ4v) is 1.85. The number of carbonyl (C=O) groups is 1. The molecule has 0 aliphatic carbocycles. The highest BCUT2D eigenvalue weighted by Gasteiger charge is 2.36. The van der Waals surface area contributed by atoms with Gasteiger partial charge in [0, 0.05) is 5.33 Å². The Kier molecular flexibility index (Phi) is 5.26. The third-order valence-electron chi connectivity index (χ3n) is 2.12. The van der Waals surface area contributed by atoms with Crippen LogP contribution in [-0.4, -0.2) is 24.4 Å². The summed E-state index contributed by atoms with van der Waals surface area (Å²) in [6, 6.07) is 0. The Morgan fingerprint density at radius 3 is 2.45 bits per heavy atom. The second-order valence-corrected chi connectivity index (χ2v) is 3.89. The number of aromatic nitrogens is 1. The van der Waals surface area contributed by atoms with Crippen molar-refractivity contribution in [1.82, 2.24) is 4.98 Å². The van der Waals surface area contributed by atoms with Crippen LogP contribution in [0.25, 0.3) is 0 Å². The molecule has 0 saturated carbocycles. The minimum absolute atomic E-state index is 0.178. The maximum atomic E-state index is 13.0. The maximum Gasteiger partial charge on any atom is 0.573 e. The van der Waals surface area contributed by atoms with Gasteiger partial charge in [0.15, 0.2) is 5.75 Å². The van der Waals surface area contributed by atoms with E-state index in [1.54, 1.807) is 0 Å². The quantitative estimate of drug-likeness (QED) is 0.466. The monoisotopic (exact) mass is 363 g/mol. The number of rotatable bonds is 4. The van der Waals surface area contributed by atoms with Gasteiger partial charge in [0.25, 0.3) is 6.43 Å². The van der Waals surface area contributed by atoms with Crippen molar-refractivity contribution in [2.24, 2.45) is 0 Å². The van der Waals surface area contributed by atoms with E-state index in [1.165, 1.54) is 0 Å². The average molecular weight is 364 g/mol. The van der Waals surface area contributed by atoms with Crippen LogP contribution in [0.1, 0.15) is 28.0 Å². The van der Waals surface area contributed by atoms with Gasteiger partial charge in [0.05, 0.1) is 24.6 Å². The fourth-order valence-electron chi connectivity index (χ4n) is 1.40. The number of methoxy groups -OCH3 is 1. The lowest BCUT2D eigenvalue weighted by Crippen LogP contribution is -2.21. The number of carbonyl (C=O) groups excluding carboxylic acids is 1. The van der Waals surface area contributed by atoms with Gasteiger partial charge in [-0.25, -0.2) is 13.6 Å². The first-order chi connectivity index (χ1) is 9.21. The number of pyridine rings is 1. The van der Waals surface area contributed by atoms with E-state index in [2.05, 4.69) is 30.4 Å². The van der Waals surface area contributed by atoms with Gasteiger partial charge in [0.2, 0.25) is 0 Å². The van der Waals surface area contributed by atoms with E-state index >= 15 is 0 Å². The average Bonchev–Trinajstić information content (AvgIpc) is 2.35. The van der Waals surface area contributed by atoms with Gasteiger partial charge >= 0.3 is 12.3 Å². The third kappa shape index (κ3) is 3.78. The van der Waals surface area contributed by atoms with Crippen LogP contribution in [0.5, 0.6) is 5.75 Å². The lowest BCUT2D eigenvalue weighted by molar-refractivity contribution is -0.274. The van der Waals surface area contributed by atoms with Gasteiger partial charge < -0.3 is 9.47 Å². The number of nitrogens with zero attached hydrogens (tertiary/aromatic N) is 1. The Morgan fingerprint density at radius 2 is 2.05 bits per heavy atom. The molecule has 0 spiro atoms. The molecule has 0 amide bonds. The predicted octanol–water partition coefficient (Wildman–Crippen LogP) is 3.60. The second-order valence-electron chi connectivity index (χ2n) is 3.33. The highest BCUT2D eigenvalue weighted by molar-refractivity contribution is 9.08. The Morgan fingerprint density at radius 1 is 1.45 bits per heavy atom. The van der Waals surface area contributed by atoms with Gasteiger partial charge in [-0.3, -0.25) is 4.98 Å². The minimum Gasteiger partial charge on any atom is -0.465 e. The number of ether oxygens (including phenoxy) is 2. The van der Waals surface area contributed by atoms with Crippen molar-refractivity contribution in [3.05, 3.63) is 23.0 Å². The summed E-state index contributed by atoms with van der Waals surface area (Å²) in [5, 5.41) is -0.178. The largest absolute Gasteiger partial charge is 0.573 e. The molecule has 0 aliphatic heterocycles. The lowest BCUT2D eigenvalue weighted by atomic mass is 10.1. The first-order valence-electron chi connectivity index (χ1n) is 4.91. The van der Waals surface area contributed by atoms with Crippen molar-refractivity contribution in [2.45, 2.75) is 18.1 Å². The molecular weight excluding hydrogens is 357 g/mol. The third-order valence-corrected chi connectivity index (χ3v) is 2.66. The fraction of sp³-hybridized carbons (Fsp3) is 0.400. The summed E-state index contributed by atoms with van der Waals surface area (Å²) >= 11 is 2.86. The SMILES string of the molecule is COC(=O)c1c(OC(F)(F)F)cnc(CBr)c1C(F)F. The summed E-state index contributed by atoms with van der Waals surface area (Å²) in [6.45, 7) is 0.